The summed E-state index contributed by atoms with van der Waals surface area (Å²) in [5, 5.41) is 25.0. The monoisotopic (exact) mass is 965 g/mol. The van der Waals surface area contributed by atoms with E-state index in [2.05, 4.69) is 19.8 Å². The van der Waals surface area contributed by atoms with Crippen molar-refractivity contribution in [2.45, 2.75) is 77.7 Å². The van der Waals surface area contributed by atoms with Crippen LogP contribution in [0.5, 0.6) is 0 Å². The maximum absolute atomic E-state index is 16.1. The van der Waals surface area contributed by atoms with Gasteiger partial charge in [-0.15, -0.1) is 0 Å². The summed E-state index contributed by atoms with van der Waals surface area (Å²) in [7, 11) is 0. The van der Waals surface area contributed by atoms with Crippen LogP contribution in [-0.4, -0.2) is 167 Å². The number of β-amino-alcohol motifs (C(OH)–C–C–N with tert-alkyl or cyclic N) is 1. The summed E-state index contributed by atoms with van der Waals surface area (Å²) in [5.74, 6) is -5.04. The van der Waals surface area contributed by atoms with Crippen molar-refractivity contribution in [1.29, 1.82) is 0 Å². The van der Waals surface area contributed by atoms with Crippen LogP contribution in [0.2, 0.25) is 0 Å². The lowest BCUT2D eigenvalue weighted by molar-refractivity contribution is -0.177. The number of benzene rings is 2. The minimum Gasteiger partial charge on any atom is -0.480 e. The number of rotatable bonds is 13. The van der Waals surface area contributed by atoms with Crippen LogP contribution in [0.1, 0.15) is 69.3 Å². The molecule has 0 radical (unpaired) electrons. The molecule has 2 aromatic heterocycles. The van der Waals surface area contributed by atoms with Crippen molar-refractivity contribution in [3.05, 3.63) is 77.6 Å². The lowest BCUT2D eigenvalue weighted by Crippen LogP contribution is -2.65. The molecular formula is C47H58F3N9O8S. The molecule has 0 spiro atoms. The number of nitrogens with one attached hydrogen (secondary N) is 1. The SMILES string of the molecule is CC(=O)N([C@H](C(=O)N1C[C@H](O)C[C@H]1C(=O)O)C(C)(C)C)N1CCN(CC2CCN(c3ccc(-c4cnc5[nH]cc(C(=O)c6c(F)ccc(N(N7CC[C@@H](F)C7)S(=O)O)c6F)c5c4)cc3)CC2)CC1. The van der Waals surface area contributed by atoms with Crippen LogP contribution in [0.3, 0.4) is 0 Å². The Balaban J connectivity index is 0.880. The topological polar surface area (TPSA) is 197 Å². The molecule has 0 bridgehead atoms. The number of aliphatic carboxylic acids is 1. The van der Waals surface area contributed by atoms with E-state index in [9.17, 15) is 42.5 Å². The number of pyridine rings is 1. The van der Waals surface area contributed by atoms with Crippen molar-refractivity contribution in [3.8, 4) is 11.1 Å². The highest BCUT2D eigenvalue weighted by Gasteiger charge is 2.48. The third-order valence-electron chi connectivity index (χ3n) is 13.6. The van der Waals surface area contributed by atoms with Gasteiger partial charge in [-0.2, -0.15) is 4.41 Å². The molecule has 4 aromatic rings. The fourth-order valence-corrected chi connectivity index (χ4v) is 10.8. The second-order valence-electron chi connectivity index (χ2n) is 19.3. The number of hydrogen-bond acceptors (Lipinski definition) is 11. The van der Waals surface area contributed by atoms with Crippen molar-refractivity contribution in [3.63, 3.8) is 0 Å². The Morgan fingerprint density at radius 2 is 1.62 bits per heavy atom. The molecule has 5 atom stereocenters. The Hall–Kier alpha value is -5.45. The van der Waals surface area contributed by atoms with E-state index < -0.39 is 81.6 Å². The van der Waals surface area contributed by atoms with Gasteiger partial charge in [0.2, 0.25) is 17.6 Å². The number of carbonyl (C=O) groups excluding carboxylic acids is 3. The number of carboxylic acid groups (broad SMARTS) is 1. The van der Waals surface area contributed by atoms with Gasteiger partial charge in [0, 0.05) is 107 Å². The zero-order chi connectivity index (χ0) is 48.8. The summed E-state index contributed by atoms with van der Waals surface area (Å²) in [5.41, 5.74) is 0.581. The van der Waals surface area contributed by atoms with E-state index in [1.165, 1.54) is 23.0 Å². The number of hydrogen-bond donors (Lipinski definition) is 4. The van der Waals surface area contributed by atoms with Crippen LogP contribution in [0, 0.1) is 23.0 Å². The van der Waals surface area contributed by atoms with E-state index in [4.69, 9.17) is 0 Å². The van der Waals surface area contributed by atoms with E-state index in [1.807, 2.05) is 50.0 Å². The molecule has 4 saturated heterocycles. The standard InChI is InChI=1S/C47H58F3N9O8S/c1-28(60)58(43(47(2,3)4)45(63)57-27-34(61)22-39(57)46(64)65)55-19-17-53(18-20-55)25-29-11-14-54(15-12-29)33-7-5-30(6-8-33)31-21-35-36(24-52-44(35)51-23-31)42(62)40-37(49)9-10-38(41(40)50)59(68(66)67)56-16-13-32(48)26-56/h5-10,21,23-24,29,32,34,39,43,61H,11-20,22,25-27H2,1-4H3,(H,51,52)(H,64,65)(H,66,67)/t32-,34-,39+,43-/m1/s1. The number of carbonyl (C=O) groups is 4. The number of nitrogens with zero attached hydrogens (tertiary/aromatic N) is 8. The fraction of sp³-hybridized carbons (Fsp3) is 0.511. The predicted molar refractivity (Wildman–Crippen MR) is 248 cm³/mol. The van der Waals surface area contributed by atoms with E-state index in [0.29, 0.717) is 53.1 Å². The number of carboxylic acids is 1. The number of H-pyrrole nitrogens is 1. The Labute approximate surface area is 394 Å². The molecule has 4 fully saturated rings. The van der Waals surface area contributed by atoms with E-state index in [0.717, 1.165) is 60.9 Å². The Kier molecular flexibility index (Phi) is 14.3. The first-order valence-electron chi connectivity index (χ1n) is 22.9. The number of amides is 2. The number of piperazine rings is 1. The second-order valence-corrected chi connectivity index (χ2v) is 20.1. The van der Waals surface area contributed by atoms with Gasteiger partial charge in [-0.25, -0.2) is 37.2 Å². The van der Waals surface area contributed by atoms with E-state index in [1.54, 1.807) is 12.3 Å². The molecule has 366 valence electrons. The van der Waals surface area contributed by atoms with Gasteiger partial charge in [-0.3, -0.25) is 23.9 Å². The number of aromatic nitrogens is 2. The largest absolute Gasteiger partial charge is 0.480 e. The number of halogens is 3. The first-order chi connectivity index (χ1) is 32.3. The number of likely N-dealkylation sites (tertiary alicyclic amines) is 1. The average Bonchev–Trinajstić information content (AvgIpc) is 4.04. The Bertz CT molecular complexity index is 2560. The minimum absolute atomic E-state index is 0.0241. The molecule has 8 rings (SSSR count). The third-order valence-corrected chi connectivity index (χ3v) is 14.3. The maximum Gasteiger partial charge on any atom is 0.326 e. The number of aliphatic hydroxyl groups is 1. The van der Waals surface area contributed by atoms with Crippen LogP contribution in [0.15, 0.2) is 54.9 Å². The first kappa shape index (κ1) is 49.0. The zero-order valence-electron chi connectivity index (χ0n) is 38.5. The van der Waals surface area contributed by atoms with Crippen molar-refractivity contribution in [2.75, 3.05) is 74.8 Å². The molecule has 0 aliphatic carbocycles. The molecule has 6 heterocycles. The quantitative estimate of drug-likeness (QED) is 0.106. The molecule has 4 N–H and O–H groups in total. The smallest absolute Gasteiger partial charge is 0.326 e. The van der Waals surface area contributed by atoms with Crippen LogP contribution >= 0.6 is 0 Å². The lowest BCUT2D eigenvalue weighted by Gasteiger charge is -2.48. The summed E-state index contributed by atoms with van der Waals surface area (Å²) in [6.07, 6.45) is 2.64. The van der Waals surface area contributed by atoms with Gasteiger partial charge in [-0.05, 0) is 66.5 Å². The number of piperidine rings is 1. The molecule has 68 heavy (non-hydrogen) atoms. The van der Waals surface area contributed by atoms with Crippen LogP contribution in [0.4, 0.5) is 24.5 Å². The maximum atomic E-state index is 16.1. The number of alkyl halides is 1. The minimum atomic E-state index is -2.83. The molecule has 21 heteroatoms. The van der Waals surface area contributed by atoms with Crippen molar-refractivity contribution in [1.82, 2.24) is 34.8 Å². The Morgan fingerprint density at radius 3 is 2.22 bits per heavy atom. The van der Waals surface area contributed by atoms with Gasteiger partial charge in [0.1, 0.15) is 35.4 Å². The third kappa shape index (κ3) is 10.00. The predicted octanol–water partition coefficient (Wildman–Crippen LogP) is 4.70. The molecule has 17 nitrogen and oxygen atoms in total. The van der Waals surface area contributed by atoms with Crippen LogP contribution < -0.4 is 9.31 Å². The van der Waals surface area contributed by atoms with Crippen LogP contribution in [-0.2, 0) is 25.7 Å². The van der Waals surface area contributed by atoms with Gasteiger partial charge in [-0.1, -0.05) is 32.9 Å². The molecule has 1 unspecified atom stereocenters. The van der Waals surface area contributed by atoms with Crippen LogP contribution in [0.25, 0.3) is 22.2 Å². The summed E-state index contributed by atoms with van der Waals surface area (Å²) in [4.78, 5) is 66.4. The van der Waals surface area contributed by atoms with Gasteiger partial charge >= 0.3 is 5.97 Å². The summed E-state index contributed by atoms with van der Waals surface area (Å²) in [6.45, 7) is 11.6. The molecular weight excluding hydrogens is 908 g/mol. The summed E-state index contributed by atoms with van der Waals surface area (Å²) >= 11 is -2.83. The molecule has 4 aliphatic heterocycles. The number of aliphatic hydroxyl groups excluding tert-OH is 1. The molecule has 2 aromatic carbocycles. The first-order valence-corrected chi connectivity index (χ1v) is 24.0. The molecule has 0 saturated carbocycles. The van der Waals surface area contributed by atoms with Crippen molar-refractivity contribution >= 4 is 57.2 Å². The van der Waals surface area contributed by atoms with Crippen molar-refractivity contribution < 1.29 is 51.3 Å². The van der Waals surface area contributed by atoms with Gasteiger partial charge in [0.15, 0.2) is 5.82 Å². The van der Waals surface area contributed by atoms with Crippen molar-refractivity contribution in [2.24, 2.45) is 11.3 Å². The highest BCUT2D eigenvalue weighted by Crippen LogP contribution is 2.35. The van der Waals surface area contributed by atoms with Gasteiger partial charge in [0.05, 0.1) is 18.2 Å². The number of ketones is 1. The lowest BCUT2D eigenvalue weighted by atomic mass is 9.85. The normalized spacial score (nSPS) is 22.2. The fourth-order valence-electron chi connectivity index (χ4n) is 10.2. The highest BCUT2D eigenvalue weighted by atomic mass is 32.2. The van der Waals surface area contributed by atoms with E-state index >= 15 is 8.78 Å². The second kappa shape index (κ2) is 19.9. The van der Waals surface area contributed by atoms with E-state index in [-0.39, 0.29) is 43.9 Å². The number of hydrazine groups is 2. The number of fused-ring (bicyclic) bond motifs is 1. The number of aromatic amines is 1. The number of anilines is 2. The van der Waals surface area contributed by atoms with Gasteiger partial charge < -0.3 is 29.9 Å². The average molecular weight is 966 g/mol. The van der Waals surface area contributed by atoms with Gasteiger partial charge in [0.25, 0.3) is 11.3 Å². The summed E-state index contributed by atoms with van der Waals surface area (Å²) in [6, 6.07) is 9.33. The summed E-state index contributed by atoms with van der Waals surface area (Å²) < 4.78 is 68.3. The zero-order valence-corrected chi connectivity index (χ0v) is 39.3. The molecule has 4 aliphatic rings. The Morgan fingerprint density at radius 1 is 0.926 bits per heavy atom. The molecule has 2 amide bonds. The highest BCUT2D eigenvalue weighted by molar-refractivity contribution is 7.80.